The van der Waals surface area contributed by atoms with Crippen molar-refractivity contribution in [1.82, 2.24) is 4.90 Å². The SMILES string of the molecule is Nc1ccc(NCCC(=O)N2CCCC2)cc1. The van der Waals surface area contributed by atoms with E-state index in [1.165, 1.54) is 0 Å². The summed E-state index contributed by atoms with van der Waals surface area (Å²) in [5.41, 5.74) is 7.36. The Labute approximate surface area is 102 Å². The standard InChI is InChI=1S/C13H19N3O/c14-11-3-5-12(6-4-11)15-8-7-13(17)16-9-1-2-10-16/h3-6,15H,1-2,7-10,14H2. The number of nitrogen functional groups attached to an aromatic ring is 1. The molecule has 92 valence electrons. The van der Waals surface area contributed by atoms with Crippen molar-refractivity contribution in [3.05, 3.63) is 24.3 Å². The van der Waals surface area contributed by atoms with Gasteiger partial charge in [-0.2, -0.15) is 0 Å². The number of rotatable bonds is 4. The number of hydrogen-bond donors (Lipinski definition) is 2. The average molecular weight is 233 g/mol. The van der Waals surface area contributed by atoms with Crippen molar-refractivity contribution in [2.75, 3.05) is 30.7 Å². The van der Waals surface area contributed by atoms with Gasteiger partial charge in [0, 0.05) is 37.4 Å². The van der Waals surface area contributed by atoms with Crippen molar-refractivity contribution in [3.63, 3.8) is 0 Å². The molecule has 1 aromatic rings. The first-order valence-electron chi connectivity index (χ1n) is 6.13. The quantitative estimate of drug-likeness (QED) is 0.778. The second kappa shape index (κ2) is 5.57. The average Bonchev–Trinajstić information content (AvgIpc) is 2.85. The van der Waals surface area contributed by atoms with Gasteiger partial charge in [0.15, 0.2) is 0 Å². The molecule has 1 aliphatic heterocycles. The summed E-state index contributed by atoms with van der Waals surface area (Å²) in [7, 11) is 0. The monoisotopic (exact) mass is 233 g/mol. The molecule has 1 aliphatic rings. The van der Waals surface area contributed by atoms with Crippen LogP contribution in [-0.2, 0) is 4.79 Å². The van der Waals surface area contributed by atoms with Gasteiger partial charge in [0.25, 0.3) is 0 Å². The molecule has 2 rings (SSSR count). The lowest BCUT2D eigenvalue weighted by Gasteiger charge is -2.15. The summed E-state index contributed by atoms with van der Waals surface area (Å²) in [6.07, 6.45) is 2.86. The van der Waals surface area contributed by atoms with Gasteiger partial charge in [-0.1, -0.05) is 0 Å². The lowest BCUT2D eigenvalue weighted by Crippen LogP contribution is -2.29. The fourth-order valence-corrected chi connectivity index (χ4v) is 2.04. The Hall–Kier alpha value is -1.71. The van der Waals surface area contributed by atoms with Crippen molar-refractivity contribution >= 4 is 17.3 Å². The summed E-state index contributed by atoms with van der Waals surface area (Å²) in [4.78, 5) is 13.7. The van der Waals surface area contributed by atoms with Crippen molar-refractivity contribution in [2.24, 2.45) is 0 Å². The number of nitrogens with two attached hydrogens (primary N) is 1. The fourth-order valence-electron chi connectivity index (χ4n) is 2.04. The third kappa shape index (κ3) is 3.37. The van der Waals surface area contributed by atoms with Gasteiger partial charge >= 0.3 is 0 Å². The van der Waals surface area contributed by atoms with E-state index in [9.17, 15) is 4.79 Å². The zero-order chi connectivity index (χ0) is 12.1. The maximum absolute atomic E-state index is 11.8. The van der Waals surface area contributed by atoms with Crippen molar-refractivity contribution in [3.8, 4) is 0 Å². The zero-order valence-electron chi connectivity index (χ0n) is 9.98. The summed E-state index contributed by atoms with van der Waals surface area (Å²) in [5.74, 6) is 0.255. The second-order valence-corrected chi connectivity index (χ2v) is 4.39. The van der Waals surface area contributed by atoms with E-state index in [0.29, 0.717) is 13.0 Å². The van der Waals surface area contributed by atoms with Crippen molar-refractivity contribution in [2.45, 2.75) is 19.3 Å². The maximum Gasteiger partial charge on any atom is 0.224 e. The van der Waals surface area contributed by atoms with Gasteiger partial charge < -0.3 is 16.0 Å². The van der Waals surface area contributed by atoms with Gasteiger partial charge in [0.1, 0.15) is 0 Å². The fraction of sp³-hybridized carbons (Fsp3) is 0.462. The predicted octanol–water partition coefficient (Wildman–Crippen LogP) is 1.69. The molecular formula is C13H19N3O. The summed E-state index contributed by atoms with van der Waals surface area (Å²) < 4.78 is 0. The molecule has 0 spiro atoms. The molecule has 0 saturated carbocycles. The molecule has 17 heavy (non-hydrogen) atoms. The molecule has 0 unspecified atom stereocenters. The number of nitrogens with zero attached hydrogens (tertiary/aromatic N) is 1. The number of benzene rings is 1. The smallest absolute Gasteiger partial charge is 0.224 e. The van der Waals surface area contributed by atoms with Crippen LogP contribution >= 0.6 is 0 Å². The third-order valence-corrected chi connectivity index (χ3v) is 3.04. The number of hydrogen-bond acceptors (Lipinski definition) is 3. The van der Waals surface area contributed by atoms with Crippen LogP contribution in [-0.4, -0.2) is 30.4 Å². The topological polar surface area (TPSA) is 58.4 Å². The van der Waals surface area contributed by atoms with Gasteiger partial charge in [0.2, 0.25) is 5.91 Å². The molecule has 1 heterocycles. The number of amides is 1. The first-order valence-corrected chi connectivity index (χ1v) is 6.13. The number of carbonyl (C=O) groups excluding carboxylic acids is 1. The molecule has 3 N–H and O–H groups in total. The van der Waals surface area contributed by atoms with E-state index < -0.39 is 0 Å². The highest BCUT2D eigenvalue weighted by atomic mass is 16.2. The van der Waals surface area contributed by atoms with Crippen LogP contribution in [0.1, 0.15) is 19.3 Å². The lowest BCUT2D eigenvalue weighted by atomic mass is 10.3. The molecule has 4 nitrogen and oxygen atoms in total. The molecule has 0 atom stereocenters. The molecule has 1 fully saturated rings. The molecule has 1 aromatic carbocycles. The van der Waals surface area contributed by atoms with E-state index in [1.807, 2.05) is 29.2 Å². The number of anilines is 2. The predicted molar refractivity (Wildman–Crippen MR) is 69.8 cm³/mol. The molecule has 0 aromatic heterocycles. The van der Waals surface area contributed by atoms with Crippen LogP contribution in [0.2, 0.25) is 0 Å². The number of carbonyl (C=O) groups is 1. The van der Waals surface area contributed by atoms with E-state index >= 15 is 0 Å². The lowest BCUT2D eigenvalue weighted by molar-refractivity contribution is -0.129. The summed E-state index contributed by atoms with van der Waals surface area (Å²) in [6, 6.07) is 7.56. The minimum Gasteiger partial charge on any atom is -0.399 e. The molecule has 1 amide bonds. The van der Waals surface area contributed by atoms with Crippen LogP contribution in [0.5, 0.6) is 0 Å². The minimum absolute atomic E-state index is 0.255. The molecule has 0 radical (unpaired) electrons. The Morgan fingerprint density at radius 3 is 2.53 bits per heavy atom. The third-order valence-electron chi connectivity index (χ3n) is 3.04. The highest BCUT2D eigenvalue weighted by Gasteiger charge is 2.16. The summed E-state index contributed by atoms with van der Waals surface area (Å²) in [5, 5.41) is 3.22. The van der Waals surface area contributed by atoms with Gasteiger partial charge in [-0.3, -0.25) is 4.79 Å². The molecular weight excluding hydrogens is 214 g/mol. The van der Waals surface area contributed by atoms with Crippen molar-refractivity contribution < 1.29 is 4.79 Å². The van der Waals surface area contributed by atoms with Crippen molar-refractivity contribution in [1.29, 1.82) is 0 Å². The Morgan fingerprint density at radius 2 is 1.88 bits per heavy atom. The van der Waals surface area contributed by atoms with Crippen LogP contribution in [0.15, 0.2) is 24.3 Å². The number of nitrogens with one attached hydrogen (secondary N) is 1. The summed E-state index contributed by atoms with van der Waals surface area (Å²) >= 11 is 0. The van der Waals surface area contributed by atoms with E-state index in [-0.39, 0.29) is 5.91 Å². The Morgan fingerprint density at radius 1 is 1.24 bits per heavy atom. The van der Waals surface area contributed by atoms with E-state index in [0.717, 1.165) is 37.3 Å². The zero-order valence-corrected chi connectivity index (χ0v) is 9.98. The van der Waals surface area contributed by atoms with Crippen LogP contribution in [0.25, 0.3) is 0 Å². The van der Waals surface area contributed by atoms with Crippen LogP contribution in [0, 0.1) is 0 Å². The maximum atomic E-state index is 11.8. The first-order chi connectivity index (χ1) is 8.25. The largest absolute Gasteiger partial charge is 0.399 e. The van der Waals surface area contributed by atoms with E-state index in [4.69, 9.17) is 5.73 Å². The highest BCUT2D eigenvalue weighted by molar-refractivity contribution is 5.77. The van der Waals surface area contributed by atoms with Crippen LogP contribution in [0.4, 0.5) is 11.4 Å². The van der Waals surface area contributed by atoms with E-state index in [1.54, 1.807) is 0 Å². The van der Waals surface area contributed by atoms with Gasteiger partial charge in [-0.25, -0.2) is 0 Å². The Kier molecular flexibility index (Phi) is 3.85. The Balaban J connectivity index is 1.72. The normalized spacial score (nSPS) is 14.9. The molecule has 0 aliphatic carbocycles. The van der Waals surface area contributed by atoms with Crippen LogP contribution < -0.4 is 11.1 Å². The first kappa shape index (κ1) is 11.8. The second-order valence-electron chi connectivity index (χ2n) is 4.39. The molecule has 4 heteroatoms. The van der Waals surface area contributed by atoms with E-state index in [2.05, 4.69) is 5.32 Å². The Bertz CT molecular complexity index is 369. The minimum atomic E-state index is 0.255. The van der Waals surface area contributed by atoms with Crippen LogP contribution in [0.3, 0.4) is 0 Å². The van der Waals surface area contributed by atoms with Gasteiger partial charge in [-0.15, -0.1) is 0 Å². The molecule has 0 bridgehead atoms. The summed E-state index contributed by atoms with van der Waals surface area (Å²) in [6.45, 7) is 2.54. The number of likely N-dealkylation sites (tertiary alicyclic amines) is 1. The highest BCUT2D eigenvalue weighted by Crippen LogP contribution is 2.11. The van der Waals surface area contributed by atoms with Gasteiger partial charge in [0.05, 0.1) is 0 Å². The van der Waals surface area contributed by atoms with Gasteiger partial charge in [-0.05, 0) is 37.1 Å². The molecule has 1 saturated heterocycles.